The lowest BCUT2D eigenvalue weighted by Crippen LogP contribution is -2.25. The van der Waals surface area contributed by atoms with Crippen LogP contribution < -0.4 is 16.0 Å². The van der Waals surface area contributed by atoms with Crippen LogP contribution in [0, 0.1) is 0 Å². The van der Waals surface area contributed by atoms with Crippen molar-refractivity contribution in [3.63, 3.8) is 0 Å². The number of halogens is 1. The zero-order chi connectivity index (χ0) is 21.1. The van der Waals surface area contributed by atoms with Gasteiger partial charge in [-0.25, -0.2) is 0 Å². The van der Waals surface area contributed by atoms with Crippen molar-refractivity contribution in [1.29, 1.82) is 0 Å². The summed E-state index contributed by atoms with van der Waals surface area (Å²) in [4.78, 5) is 37.3. The molecule has 1 fully saturated rings. The van der Waals surface area contributed by atoms with E-state index in [1.54, 1.807) is 47.8 Å². The molecule has 4 rings (SSSR count). The van der Waals surface area contributed by atoms with Gasteiger partial charge in [0.05, 0.1) is 27.4 Å². The van der Waals surface area contributed by atoms with Crippen LogP contribution in [0.5, 0.6) is 0 Å². The third kappa shape index (κ3) is 4.69. The van der Waals surface area contributed by atoms with Gasteiger partial charge in [-0.3, -0.25) is 14.4 Å². The molecule has 2 aromatic carbocycles. The number of anilines is 2. The predicted octanol–water partition coefficient (Wildman–Crippen LogP) is 4.80. The molecular weight excluding hydrogens is 422 g/mol. The minimum absolute atomic E-state index is 0.220. The Labute approximate surface area is 182 Å². The lowest BCUT2D eigenvalue weighted by Gasteiger charge is -2.12. The fraction of sp³-hybridized carbons (Fsp3) is 0.136. The Bertz CT molecular complexity index is 1110. The first-order valence-electron chi connectivity index (χ1n) is 9.35. The SMILES string of the molecule is O=C(Nc1ccccc1C(=O)Nc1ccc(C(=O)NC2CC2)c(Cl)c1)c1ccsc1. The predicted molar refractivity (Wildman–Crippen MR) is 119 cm³/mol. The van der Waals surface area contributed by atoms with E-state index in [2.05, 4.69) is 16.0 Å². The molecular formula is C22H18ClN3O3S. The molecule has 6 nitrogen and oxygen atoms in total. The molecule has 3 N–H and O–H groups in total. The summed E-state index contributed by atoms with van der Waals surface area (Å²) in [5.74, 6) is -0.907. The van der Waals surface area contributed by atoms with E-state index in [9.17, 15) is 14.4 Å². The lowest BCUT2D eigenvalue weighted by molar-refractivity contribution is 0.0949. The highest BCUT2D eigenvalue weighted by molar-refractivity contribution is 7.08. The average Bonchev–Trinajstić information content (AvgIpc) is 3.36. The highest BCUT2D eigenvalue weighted by Crippen LogP contribution is 2.25. The number of hydrogen-bond donors (Lipinski definition) is 3. The first-order chi connectivity index (χ1) is 14.5. The summed E-state index contributed by atoms with van der Waals surface area (Å²) in [5, 5.41) is 12.2. The van der Waals surface area contributed by atoms with Crippen LogP contribution >= 0.6 is 22.9 Å². The number of nitrogens with one attached hydrogen (secondary N) is 3. The highest BCUT2D eigenvalue weighted by Gasteiger charge is 2.25. The number of hydrogen-bond acceptors (Lipinski definition) is 4. The van der Waals surface area contributed by atoms with Crippen molar-refractivity contribution in [3.8, 4) is 0 Å². The molecule has 1 aliphatic carbocycles. The van der Waals surface area contributed by atoms with E-state index in [-0.39, 0.29) is 22.9 Å². The summed E-state index contributed by atoms with van der Waals surface area (Å²) < 4.78 is 0. The molecule has 0 radical (unpaired) electrons. The molecule has 0 bridgehead atoms. The number of para-hydroxylation sites is 1. The lowest BCUT2D eigenvalue weighted by atomic mass is 10.1. The minimum atomic E-state index is -0.400. The van der Waals surface area contributed by atoms with Gasteiger partial charge in [0, 0.05) is 17.1 Å². The topological polar surface area (TPSA) is 87.3 Å². The molecule has 8 heteroatoms. The largest absolute Gasteiger partial charge is 0.349 e. The Morgan fingerprint density at radius 3 is 2.40 bits per heavy atom. The van der Waals surface area contributed by atoms with E-state index in [1.807, 2.05) is 5.38 Å². The second-order valence-corrected chi connectivity index (χ2v) is 8.10. The summed E-state index contributed by atoms with van der Waals surface area (Å²) in [5.41, 5.74) is 2.06. The third-order valence-electron chi connectivity index (χ3n) is 4.59. The molecule has 0 spiro atoms. The molecule has 1 heterocycles. The van der Waals surface area contributed by atoms with Gasteiger partial charge >= 0.3 is 0 Å². The maximum atomic E-state index is 12.8. The fourth-order valence-electron chi connectivity index (χ4n) is 2.84. The van der Waals surface area contributed by atoms with E-state index in [4.69, 9.17) is 11.6 Å². The second kappa shape index (κ2) is 8.69. The molecule has 1 aromatic heterocycles. The number of carbonyl (C=O) groups is 3. The Morgan fingerprint density at radius 2 is 1.70 bits per heavy atom. The van der Waals surface area contributed by atoms with Crippen LogP contribution in [0.2, 0.25) is 5.02 Å². The average molecular weight is 440 g/mol. The van der Waals surface area contributed by atoms with Gasteiger partial charge < -0.3 is 16.0 Å². The number of benzene rings is 2. The van der Waals surface area contributed by atoms with Crippen molar-refractivity contribution in [2.75, 3.05) is 10.6 Å². The molecule has 1 saturated carbocycles. The Morgan fingerprint density at radius 1 is 0.900 bits per heavy atom. The first kappa shape index (κ1) is 20.1. The van der Waals surface area contributed by atoms with Gasteiger partial charge in [0.25, 0.3) is 17.7 Å². The van der Waals surface area contributed by atoms with E-state index in [0.29, 0.717) is 28.1 Å². The molecule has 152 valence electrons. The Balaban J connectivity index is 1.48. The van der Waals surface area contributed by atoms with Gasteiger partial charge in [-0.05, 0) is 54.6 Å². The normalized spacial score (nSPS) is 12.8. The molecule has 3 aromatic rings. The Hall–Kier alpha value is -3.16. The quantitative estimate of drug-likeness (QED) is 0.515. The monoisotopic (exact) mass is 439 g/mol. The van der Waals surface area contributed by atoms with E-state index < -0.39 is 5.91 Å². The zero-order valence-corrected chi connectivity index (χ0v) is 17.3. The molecule has 0 aliphatic heterocycles. The number of thiophene rings is 1. The summed E-state index contributed by atoms with van der Waals surface area (Å²) >= 11 is 7.67. The number of amides is 3. The van der Waals surface area contributed by atoms with Gasteiger partial charge in [0.2, 0.25) is 0 Å². The standard InChI is InChI=1S/C22H18ClN3O3S/c23-18-11-15(7-8-16(18)21(28)24-14-5-6-14)25-22(29)17-3-1-2-4-19(17)26-20(27)13-9-10-30-12-13/h1-4,7-12,14H,5-6H2,(H,24,28)(H,25,29)(H,26,27). The molecule has 3 amide bonds. The van der Waals surface area contributed by atoms with Crippen molar-refractivity contribution in [1.82, 2.24) is 5.32 Å². The minimum Gasteiger partial charge on any atom is -0.349 e. The van der Waals surface area contributed by atoms with Crippen LogP contribution in [0.4, 0.5) is 11.4 Å². The van der Waals surface area contributed by atoms with Gasteiger partial charge in [0.1, 0.15) is 0 Å². The van der Waals surface area contributed by atoms with Crippen LogP contribution in [-0.4, -0.2) is 23.8 Å². The molecule has 1 aliphatic rings. The van der Waals surface area contributed by atoms with Crippen LogP contribution in [0.15, 0.2) is 59.3 Å². The highest BCUT2D eigenvalue weighted by atomic mass is 35.5. The molecule has 0 saturated heterocycles. The summed E-state index contributed by atoms with van der Waals surface area (Å²) in [6.07, 6.45) is 1.97. The summed E-state index contributed by atoms with van der Waals surface area (Å²) in [6.45, 7) is 0. The third-order valence-corrected chi connectivity index (χ3v) is 5.58. The van der Waals surface area contributed by atoms with Gasteiger partial charge in [-0.15, -0.1) is 0 Å². The van der Waals surface area contributed by atoms with Crippen LogP contribution in [0.3, 0.4) is 0 Å². The van der Waals surface area contributed by atoms with Gasteiger partial charge in [-0.1, -0.05) is 23.7 Å². The maximum Gasteiger partial charge on any atom is 0.257 e. The smallest absolute Gasteiger partial charge is 0.257 e. The van der Waals surface area contributed by atoms with Gasteiger partial charge in [-0.2, -0.15) is 11.3 Å². The van der Waals surface area contributed by atoms with Crippen molar-refractivity contribution < 1.29 is 14.4 Å². The zero-order valence-electron chi connectivity index (χ0n) is 15.8. The fourth-order valence-corrected chi connectivity index (χ4v) is 3.75. The number of carbonyl (C=O) groups excluding carboxylic acids is 3. The van der Waals surface area contributed by atoms with Crippen molar-refractivity contribution >= 4 is 52.0 Å². The van der Waals surface area contributed by atoms with Gasteiger partial charge in [0.15, 0.2) is 0 Å². The summed E-state index contributed by atoms with van der Waals surface area (Å²) in [6, 6.07) is 13.4. The maximum absolute atomic E-state index is 12.8. The van der Waals surface area contributed by atoms with Crippen LogP contribution in [0.1, 0.15) is 43.9 Å². The summed E-state index contributed by atoms with van der Waals surface area (Å²) in [7, 11) is 0. The van der Waals surface area contributed by atoms with Crippen molar-refractivity contribution in [2.24, 2.45) is 0 Å². The van der Waals surface area contributed by atoms with E-state index >= 15 is 0 Å². The van der Waals surface area contributed by atoms with Crippen LogP contribution in [-0.2, 0) is 0 Å². The Kier molecular flexibility index (Phi) is 5.83. The van der Waals surface area contributed by atoms with Crippen molar-refractivity contribution in [3.05, 3.63) is 81.0 Å². The second-order valence-electron chi connectivity index (χ2n) is 6.91. The number of rotatable bonds is 6. The molecule has 0 unspecified atom stereocenters. The molecule has 0 atom stereocenters. The first-order valence-corrected chi connectivity index (χ1v) is 10.7. The van der Waals surface area contributed by atoms with Crippen molar-refractivity contribution in [2.45, 2.75) is 18.9 Å². The van der Waals surface area contributed by atoms with E-state index in [0.717, 1.165) is 12.8 Å². The molecule has 30 heavy (non-hydrogen) atoms. The van der Waals surface area contributed by atoms with E-state index in [1.165, 1.54) is 17.4 Å². The van der Waals surface area contributed by atoms with Crippen LogP contribution in [0.25, 0.3) is 0 Å².